The number of carbonyl (C=O) groups is 1. The van der Waals surface area contributed by atoms with Crippen LogP contribution in [0.2, 0.25) is 0 Å². The highest BCUT2D eigenvalue weighted by atomic mass is 16.1. The summed E-state index contributed by atoms with van der Waals surface area (Å²) in [7, 11) is 4.05. The van der Waals surface area contributed by atoms with Gasteiger partial charge in [-0.05, 0) is 44.3 Å². The number of anilines is 1. The lowest BCUT2D eigenvalue weighted by Gasteiger charge is -2.11. The molecule has 0 fully saturated rings. The van der Waals surface area contributed by atoms with Crippen molar-refractivity contribution in [3.63, 3.8) is 0 Å². The molecule has 2 rings (SSSR count). The predicted octanol–water partition coefficient (Wildman–Crippen LogP) is 2.29. The predicted molar refractivity (Wildman–Crippen MR) is 93.6 cm³/mol. The van der Waals surface area contributed by atoms with E-state index in [1.54, 1.807) is 12.3 Å². The zero-order chi connectivity index (χ0) is 16.7. The lowest BCUT2D eigenvalue weighted by atomic mass is 10.1. The van der Waals surface area contributed by atoms with Gasteiger partial charge in [-0.25, -0.2) is 4.98 Å². The van der Waals surface area contributed by atoms with Crippen molar-refractivity contribution < 1.29 is 4.79 Å². The third-order valence-corrected chi connectivity index (χ3v) is 3.59. The van der Waals surface area contributed by atoms with Gasteiger partial charge in [0.05, 0.1) is 5.56 Å². The molecule has 5 nitrogen and oxygen atoms in total. The molecule has 1 aromatic heterocycles. The Bertz CT molecular complexity index is 638. The van der Waals surface area contributed by atoms with Gasteiger partial charge in [0.25, 0.3) is 5.91 Å². The van der Waals surface area contributed by atoms with Gasteiger partial charge in [-0.2, -0.15) is 0 Å². The van der Waals surface area contributed by atoms with E-state index >= 15 is 0 Å². The van der Waals surface area contributed by atoms with Gasteiger partial charge in [-0.3, -0.25) is 4.79 Å². The molecule has 2 N–H and O–H groups in total. The molecule has 5 heteroatoms. The van der Waals surface area contributed by atoms with Crippen LogP contribution in [0.15, 0.2) is 42.6 Å². The maximum absolute atomic E-state index is 12.2. The number of amides is 1. The Hall–Kier alpha value is -2.40. The van der Waals surface area contributed by atoms with Crippen LogP contribution in [-0.2, 0) is 6.54 Å². The van der Waals surface area contributed by atoms with E-state index in [0.717, 1.165) is 24.5 Å². The van der Waals surface area contributed by atoms with Crippen LogP contribution >= 0.6 is 0 Å². The third-order valence-electron chi connectivity index (χ3n) is 3.59. The zero-order valence-corrected chi connectivity index (χ0v) is 14.0. The normalized spacial score (nSPS) is 10.6. The van der Waals surface area contributed by atoms with Crippen molar-refractivity contribution in [1.29, 1.82) is 0 Å². The van der Waals surface area contributed by atoms with Crippen molar-refractivity contribution in [3.05, 3.63) is 59.3 Å². The van der Waals surface area contributed by atoms with Crippen molar-refractivity contribution in [2.45, 2.75) is 13.5 Å². The maximum Gasteiger partial charge on any atom is 0.253 e. The van der Waals surface area contributed by atoms with E-state index < -0.39 is 0 Å². The first-order valence-electron chi connectivity index (χ1n) is 7.73. The largest absolute Gasteiger partial charge is 0.369 e. The first-order chi connectivity index (χ1) is 11.1. The average molecular weight is 312 g/mol. The van der Waals surface area contributed by atoms with Crippen LogP contribution in [-0.4, -0.2) is 43.0 Å². The number of aryl methyl sites for hydroxylation is 1. The van der Waals surface area contributed by atoms with Gasteiger partial charge >= 0.3 is 0 Å². The van der Waals surface area contributed by atoms with Crippen LogP contribution in [0.25, 0.3) is 0 Å². The van der Waals surface area contributed by atoms with Crippen LogP contribution in [0.1, 0.15) is 21.5 Å². The molecule has 0 radical (unpaired) electrons. The Morgan fingerprint density at radius 1 is 1.17 bits per heavy atom. The fourth-order valence-corrected chi connectivity index (χ4v) is 2.13. The van der Waals surface area contributed by atoms with Crippen molar-refractivity contribution >= 4 is 11.7 Å². The Morgan fingerprint density at radius 3 is 2.61 bits per heavy atom. The van der Waals surface area contributed by atoms with Crippen LogP contribution in [0, 0.1) is 6.92 Å². The number of carbonyl (C=O) groups excluding carboxylic acids is 1. The lowest BCUT2D eigenvalue weighted by Crippen LogP contribution is -2.23. The topological polar surface area (TPSA) is 57.3 Å². The van der Waals surface area contributed by atoms with E-state index in [-0.39, 0.29) is 5.91 Å². The Morgan fingerprint density at radius 2 is 1.96 bits per heavy atom. The molecular formula is C18H24N4O. The number of rotatable bonds is 7. The number of nitrogens with one attached hydrogen (secondary N) is 2. The molecule has 0 saturated carbocycles. The fraction of sp³-hybridized carbons (Fsp3) is 0.333. The summed E-state index contributed by atoms with van der Waals surface area (Å²) in [6, 6.07) is 11.6. The quantitative estimate of drug-likeness (QED) is 0.823. The number of pyridine rings is 1. The highest BCUT2D eigenvalue weighted by molar-refractivity contribution is 5.94. The van der Waals surface area contributed by atoms with Crippen LogP contribution < -0.4 is 10.6 Å². The van der Waals surface area contributed by atoms with E-state index in [0.29, 0.717) is 12.1 Å². The zero-order valence-electron chi connectivity index (χ0n) is 14.0. The molecular weight excluding hydrogens is 288 g/mol. The number of aromatic nitrogens is 1. The van der Waals surface area contributed by atoms with Crippen molar-refractivity contribution in [3.8, 4) is 0 Å². The fourth-order valence-electron chi connectivity index (χ4n) is 2.13. The minimum Gasteiger partial charge on any atom is -0.369 e. The SMILES string of the molecule is Cc1ccccc1CNC(=O)c1ccc(NCCN(C)C)nc1. The Balaban J connectivity index is 1.86. The average Bonchev–Trinajstić information content (AvgIpc) is 2.54. The minimum absolute atomic E-state index is 0.111. The molecule has 1 aromatic carbocycles. The molecule has 122 valence electrons. The number of hydrogen-bond acceptors (Lipinski definition) is 4. The summed E-state index contributed by atoms with van der Waals surface area (Å²) >= 11 is 0. The molecule has 0 aliphatic heterocycles. The van der Waals surface area contributed by atoms with Crippen molar-refractivity contribution in [2.24, 2.45) is 0 Å². The van der Waals surface area contributed by atoms with Gasteiger partial charge in [-0.15, -0.1) is 0 Å². The molecule has 1 heterocycles. The number of hydrogen-bond donors (Lipinski definition) is 2. The Labute approximate surface area is 137 Å². The summed E-state index contributed by atoms with van der Waals surface area (Å²) in [5, 5.41) is 6.15. The van der Waals surface area contributed by atoms with Gasteiger partial charge < -0.3 is 15.5 Å². The van der Waals surface area contributed by atoms with Gasteiger partial charge in [0.15, 0.2) is 0 Å². The first kappa shape index (κ1) is 17.0. The molecule has 0 aliphatic carbocycles. The molecule has 23 heavy (non-hydrogen) atoms. The van der Waals surface area contributed by atoms with E-state index in [4.69, 9.17) is 0 Å². The maximum atomic E-state index is 12.2. The smallest absolute Gasteiger partial charge is 0.253 e. The summed E-state index contributed by atoms with van der Waals surface area (Å²) < 4.78 is 0. The second kappa shape index (κ2) is 8.29. The number of benzene rings is 1. The highest BCUT2D eigenvalue weighted by Gasteiger charge is 2.06. The molecule has 0 atom stereocenters. The molecule has 0 spiro atoms. The van der Waals surface area contributed by atoms with Crippen LogP contribution in [0.5, 0.6) is 0 Å². The van der Waals surface area contributed by atoms with E-state index in [2.05, 4.69) is 20.5 Å². The first-order valence-corrected chi connectivity index (χ1v) is 7.73. The summed E-state index contributed by atoms with van der Waals surface area (Å²) in [6.07, 6.45) is 1.60. The van der Waals surface area contributed by atoms with E-state index in [1.807, 2.05) is 51.4 Å². The highest BCUT2D eigenvalue weighted by Crippen LogP contribution is 2.08. The second-order valence-corrected chi connectivity index (χ2v) is 5.77. The summed E-state index contributed by atoms with van der Waals surface area (Å²) in [4.78, 5) is 18.5. The molecule has 2 aromatic rings. The summed E-state index contributed by atoms with van der Waals surface area (Å²) in [5.74, 6) is 0.669. The lowest BCUT2D eigenvalue weighted by molar-refractivity contribution is 0.0950. The molecule has 0 unspecified atom stereocenters. The van der Waals surface area contributed by atoms with Gasteiger partial charge in [0, 0.05) is 25.8 Å². The summed E-state index contributed by atoms with van der Waals surface area (Å²) in [5.41, 5.74) is 2.86. The minimum atomic E-state index is -0.111. The van der Waals surface area contributed by atoms with E-state index in [1.165, 1.54) is 5.56 Å². The molecule has 1 amide bonds. The third kappa shape index (κ3) is 5.38. The van der Waals surface area contributed by atoms with Gasteiger partial charge in [0.1, 0.15) is 5.82 Å². The van der Waals surface area contributed by atoms with Crippen molar-refractivity contribution in [1.82, 2.24) is 15.2 Å². The molecule has 0 bridgehead atoms. The van der Waals surface area contributed by atoms with Gasteiger partial charge in [-0.1, -0.05) is 24.3 Å². The molecule has 0 aliphatic rings. The number of likely N-dealkylation sites (N-methyl/N-ethyl adjacent to an activating group) is 1. The van der Waals surface area contributed by atoms with Gasteiger partial charge in [0.2, 0.25) is 0 Å². The van der Waals surface area contributed by atoms with E-state index in [9.17, 15) is 4.79 Å². The number of nitrogens with zero attached hydrogens (tertiary/aromatic N) is 2. The standard InChI is InChI=1S/C18H24N4O/c1-14-6-4-5-7-15(14)12-21-18(23)16-8-9-17(20-13-16)19-10-11-22(2)3/h4-9,13H,10-12H2,1-3H3,(H,19,20)(H,21,23). The van der Waals surface area contributed by atoms with Crippen molar-refractivity contribution in [2.75, 3.05) is 32.5 Å². The monoisotopic (exact) mass is 312 g/mol. The second-order valence-electron chi connectivity index (χ2n) is 5.77. The molecule has 0 saturated heterocycles. The van der Waals surface area contributed by atoms with Crippen LogP contribution in [0.4, 0.5) is 5.82 Å². The Kier molecular flexibility index (Phi) is 6.11. The van der Waals surface area contributed by atoms with Crippen LogP contribution in [0.3, 0.4) is 0 Å². The summed E-state index contributed by atoms with van der Waals surface area (Å²) in [6.45, 7) is 4.31.